The fourth-order valence-corrected chi connectivity index (χ4v) is 1.06. The highest BCUT2D eigenvalue weighted by molar-refractivity contribution is 9.08. The molecule has 47 valence electrons. The van der Waals surface area contributed by atoms with Gasteiger partial charge in [-0.25, -0.2) is 0 Å². The molecule has 1 aromatic carbocycles. The number of benzene rings is 1. The van der Waals surface area contributed by atoms with Gasteiger partial charge in [-0.15, -0.1) is 0 Å². The quantitative estimate of drug-likeness (QED) is 0.588. The van der Waals surface area contributed by atoms with E-state index in [1.165, 1.54) is 5.56 Å². The zero-order valence-electron chi connectivity index (χ0n) is 5.10. The van der Waals surface area contributed by atoms with Crippen molar-refractivity contribution in [2.45, 2.75) is 5.33 Å². The van der Waals surface area contributed by atoms with Gasteiger partial charge in [0.25, 0.3) is 0 Å². The van der Waals surface area contributed by atoms with Crippen LogP contribution in [0.25, 0.3) is 0 Å². The number of rotatable bonds is 1. The Morgan fingerprint density at radius 1 is 1.44 bits per heavy atom. The van der Waals surface area contributed by atoms with Gasteiger partial charge in [0.15, 0.2) is 0 Å². The topological polar surface area (TPSA) is 0 Å². The van der Waals surface area contributed by atoms with Crippen molar-refractivity contribution in [3.8, 4) is 0 Å². The molecule has 1 radical (unpaired) electrons. The van der Waals surface area contributed by atoms with E-state index in [4.69, 9.17) is 0 Å². The Hall–Kier alpha value is -0.300. The Bertz CT molecular complexity index is 194. The molecule has 0 amide bonds. The van der Waals surface area contributed by atoms with Crippen LogP contribution in [0.5, 0.6) is 0 Å². The van der Waals surface area contributed by atoms with Crippen LogP contribution in [0.4, 0.5) is 0 Å². The summed E-state index contributed by atoms with van der Waals surface area (Å²) in [6.45, 7) is 3.81. The Morgan fingerprint density at radius 3 is 2.67 bits per heavy atom. The second-order valence-corrected chi connectivity index (χ2v) is 2.51. The van der Waals surface area contributed by atoms with E-state index in [0.29, 0.717) is 0 Å². The van der Waals surface area contributed by atoms with Crippen molar-refractivity contribution in [3.63, 3.8) is 0 Å². The lowest BCUT2D eigenvalue weighted by Crippen LogP contribution is -1.76. The lowest BCUT2D eigenvalue weighted by atomic mass is 10.2. The zero-order valence-corrected chi connectivity index (χ0v) is 6.69. The molecule has 0 bridgehead atoms. The minimum Gasteiger partial charge on any atom is -0.0876 e. The smallest absolute Gasteiger partial charge is 0.0283 e. The van der Waals surface area contributed by atoms with Crippen molar-refractivity contribution in [3.05, 3.63) is 42.3 Å². The van der Waals surface area contributed by atoms with Crippen molar-refractivity contribution in [1.82, 2.24) is 0 Å². The zero-order chi connectivity index (χ0) is 6.69. The molecule has 9 heavy (non-hydrogen) atoms. The fourth-order valence-electron chi connectivity index (χ4n) is 0.713. The van der Waals surface area contributed by atoms with Crippen LogP contribution in [0.1, 0.15) is 11.1 Å². The highest BCUT2D eigenvalue weighted by atomic mass is 79.9. The molecule has 0 N–H and O–H groups in total. The van der Waals surface area contributed by atoms with Gasteiger partial charge in [-0.1, -0.05) is 40.2 Å². The summed E-state index contributed by atoms with van der Waals surface area (Å²) in [5, 5.41) is 0.913. The molecule has 0 heterocycles. The van der Waals surface area contributed by atoms with E-state index in [2.05, 4.69) is 35.0 Å². The van der Waals surface area contributed by atoms with Crippen LogP contribution >= 0.6 is 15.9 Å². The molecule has 0 saturated heterocycles. The van der Waals surface area contributed by atoms with Crippen LogP contribution in [0.3, 0.4) is 0 Å². The van der Waals surface area contributed by atoms with Crippen LogP contribution in [0, 0.1) is 6.92 Å². The monoisotopic (exact) mass is 183 g/mol. The highest BCUT2D eigenvalue weighted by Crippen LogP contribution is 2.06. The largest absolute Gasteiger partial charge is 0.0876 e. The minimum absolute atomic E-state index is 0.913. The third-order valence-corrected chi connectivity index (χ3v) is 1.79. The maximum Gasteiger partial charge on any atom is 0.0283 e. The van der Waals surface area contributed by atoms with Crippen molar-refractivity contribution in [1.29, 1.82) is 0 Å². The Morgan fingerprint density at radius 2 is 2.22 bits per heavy atom. The van der Waals surface area contributed by atoms with E-state index in [1.807, 2.05) is 12.1 Å². The first-order valence-electron chi connectivity index (χ1n) is 2.80. The minimum atomic E-state index is 0.913. The summed E-state index contributed by atoms with van der Waals surface area (Å²) in [4.78, 5) is 0. The van der Waals surface area contributed by atoms with Crippen molar-refractivity contribution in [2.75, 3.05) is 0 Å². The average Bonchev–Trinajstić information content (AvgIpc) is 1.88. The third-order valence-electron chi connectivity index (χ3n) is 1.15. The van der Waals surface area contributed by atoms with Crippen LogP contribution in [-0.4, -0.2) is 0 Å². The highest BCUT2D eigenvalue weighted by Gasteiger charge is 1.86. The summed E-state index contributed by atoms with van der Waals surface area (Å²) in [6, 6.07) is 8.14. The molecule has 0 atom stereocenters. The first-order chi connectivity index (χ1) is 4.33. The summed E-state index contributed by atoms with van der Waals surface area (Å²) in [7, 11) is 0. The van der Waals surface area contributed by atoms with Gasteiger partial charge in [0, 0.05) is 5.33 Å². The maximum absolute atomic E-state index is 3.81. The summed E-state index contributed by atoms with van der Waals surface area (Å²) in [6.07, 6.45) is 0. The normalized spacial score (nSPS) is 9.56. The molecule has 0 spiro atoms. The molecule has 0 fully saturated rings. The molecule has 0 aliphatic rings. The SMILES string of the molecule is [CH2]c1cccc(CBr)c1. The first kappa shape index (κ1) is 6.81. The molecule has 0 aromatic heterocycles. The van der Waals surface area contributed by atoms with Crippen molar-refractivity contribution in [2.24, 2.45) is 0 Å². The van der Waals surface area contributed by atoms with Crippen molar-refractivity contribution < 1.29 is 0 Å². The molecule has 1 heteroatoms. The molecule has 0 aliphatic heterocycles. The predicted octanol–water partition coefficient (Wildman–Crippen LogP) is 2.76. The van der Waals surface area contributed by atoms with Crippen molar-refractivity contribution >= 4 is 15.9 Å². The standard InChI is InChI=1S/C8H8Br/c1-7-3-2-4-8(5-7)6-9/h2-5H,1,6H2. The van der Waals surface area contributed by atoms with Crippen LogP contribution in [0.15, 0.2) is 24.3 Å². The van der Waals surface area contributed by atoms with E-state index in [9.17, 15) is 0 Å². The fraction of sp³-hybridized carbons (Fsp3) is 0.125. The predicted molar refractivity (Wildman–Crippen MR) is 43.5 cm³/mol. The second kappa shape index (κ2) is 3.02. The summed E-state index contributed by atoms with van der Waals surface area (Å²) < 4.78 is 0. The van der Waals surface area contributed by atoms with E-state index in [0.717, 1.165) is 10.9 Å². The summed E-state index contributed by atoms with van der Waals surface area (Å²) in [5.74, 6) is 0. The van der Waals surface area contributed by atoms with Gasteiger partial charge in [-0.2, -0.15) is 0 Å². The van der Waals surface area contributed by atoms with Crippen LogP contribution in [0.2, 0.25) is 0 Å². The Balaban J connectivity index is 2.94. The Kier molecular flexibility index (Phi) is 2.29. The van der Waals surface area contributed by atoms with Gasteiger partial charge in [0.05, 0.1) is 0 Å². The molecule has 1 aromatic rings. The van der Waals surface area contributed by atoms with Gasteiger partial charge in [0.2, 0.25) is 0 Å². The van der Waals surface area contributed by atoms with Crippen LogP contribution < -0.4 is 0 Å². The Labute approximate surface area is 64.0 Å². The molecular weight excluding hydrogens is 176 g/mol. The molecule has 0 aliphatic carbocycles. The first-order valence-corrected chi connectivity index (χ1v) is 3.92. The molecule has 1 rings (SSSR count). The lowest BCUT2D eigenvalue weighted by Gasteiger charge is -1.94. The van der Waals surface area contributed by atoms with Crippen LogP contribution in [-0.2, 0) is 5.33 Å². The van der Waals surface area contributed by atoms with E-state index >= 15 is 0 Å². The lowest BCUT2D eigenvalue weighted by molar-refractivity contribution is 1.41. The van der Waals surface area contributed by atoms with E-state index in [1.54, 1.807) is 0 Å². The summed E-state index contributed by atoms with van der Waals surface area (Å²) >= 11 is 3.36. The third kappa shape index (κ3) is 1.83. The number of halogens is 1. The molecule has 0 unspecified atom stereocenters. The molecule has 0 saturated carbocycles. The summed E-state index contributed by atoms with van der Waals surface area (Å²) in [5.41, 5.74) is 2.36. The maximum atomic E-state index is 3.81. The number of alkyl halides is 1. The molecular formula is C8H8Br. The second-order valence-electron chi connectivity index (χ2n) is 1.95. The van der Waals surface area contributed by atoms with E-state index in [-0.39, 0.29) is 0 Å². The number of hydrogen-bond donors (Lipinski definition) is 0. The van der Waals surface area contributed by atoms with Gasteiger partial charge in [-0.05, 0) is 18.1 Å². The van der Waals surface area contributed by atoms with Gasteiger partial charge in [0.1, 0.15) is 0 Å². The average molecular weight is 184 g/mol. The number of hydrogen-bond acceptors (Lipinski definition) is 0. The van der Waals surface area contributed by atoms with Gasteiger partial charge >= 0.3 is 0 Å². The van der Waals surface area contributed by atoms with Gasteiger partial charge < -0.3 is 0 Å². The van der Waals surface area contributed by atoms with Gasteiger partial charge in [-0.3, -0.25) is 0 Å². The van der Waals surface area contributed by atoms with E-state index < -0.39 is 0 Å². The molecule has 0 nitrogen and oxygen atoms in total.